The van der Waals surface area contributed by atoms with Crippen LogP contribution < -0.4 is 10.2 Å². The molecule has 2 fully saturated rings. The lowest BCUT2D eigenvalue weighted by Gasteiger charge is -2.26. The monoisotopic (exact) mass is 305 g/mol. The fourth-order valence-electron chi connectivity index (χ4n) is 2.77. The first-order chi connectivity index (χ1) is 10.8. The first kappa shape index (κ1) is 15.2. The summed E-state index contributed by atoms with van der Waals surface area (Å²) < 4.78 is 5.30. The number of hydrogen-bond donors (Lipinski definition) is 1. The highest BCUT2D eigenvalue weighted by molar-refractivity contribution is 5.93. The number of ether oxygens (including phenoxy) is 1. The number of morpholine rings is 1. The van der Waals surface area contributed by atoms with E-state index < -0.39 is 0 Å². The second-order valence-corrected chi connectivity index (χ2v) is 5.68. The van der Waals surface area contributed by atoms with Crippen LogP contribution in [0.5, 0.6) is 0 Å². The molecule has 3 rings (SSSR count). The van der Waals surface area contributed by atoms with Gasteiger partial charge in [-0.15, -0.1) is 0 Å². The van der Waals surface area contributed by atoms with Crippen molar-refractivity contribution in [1.29, 1.82) is 0 Å². The molecule has 1 amide bonds. The number of carbonyl (C=O) groups excluding carboxylic acids is 1. The van der Waals surface area contributed by atoms with Gasteiger partial charge in [-0.25, -0.2) is 9.97 Å². The summed E-state index contributed by atoms with van der Waals surface area (Å²) in [6.45, 7) is 6.91. The van der Waals surface area contributed by atoms with Crippen LogP contribution >= 0.6 is 0 Å². The molecular formula is C15H23N5O2. The summed E-state index contributed by atoms with van der Waals surface area (Å²) in [4.78, 5) is 25.1. The smallest absolute Gasteiger partial charge is 0.254 e. The van der Waals surface area contributed by atoms with Crippen LogP contribution in [-0.2, 0) is 4.74 Å². The van der Waals surface area contributed by atoms with Crippen LogP contribution in [0, 0.1) is 0 Å². The van der Waals surface area contributed by atoms with E-state index in [1.165, 1.54) is 12.8 Å². The van der Waals surface area contributed by atoms with E-state index in [1.807, 2.05) is 0 Å². The molecule has 0 saturated carbocycles. The SMILES string of the molecule is O=C(NCCN1CCOCC1)c1cnc(N2CCCC2)nc1. The number of hydrogen-bond acceptors (Lipinski definition) is 6. The summed E-state index contributed by atoms with van der Waals surface area (Å²) in [5.74, 6) is 0.614. The van der Waals surface area contributed by atoms with Gasteiger partial charge in [0.25, 0.3) is 5.91 Å². The van der Waals surface area contributed by atoms with Crippen molar-refractivity contribution in [1.82, 2.24) is 20.2 Å². The Kier molecular flexibility index (Phi) is 5.18. The number of amides is 1. The average molecular weight is 305 g/mol. The predicted octanol–water partition coefficient (Wildman–Crippen LogP) is 0.139. The minimum absolute atomic E-state index is 0.110. The van der Waals surface area contributed by atoms with Crippen LogP contribution in [0.25, 0.3) is 0 Å². The average Bonchev–Trinajstić information content (AvgIpc) is 3.10. The highest BCUT2D eigenvalue weighted by atomic mass is 16.5. The molecule has 1 aromatic heterocycles. The minimum atomic E-state index is -0.110. The third-order valence-corrected chi connectivity index (χ3v) is 4.11. The van der Waals surface area contributed by atoms with E-state index in [9.17, 15) is 4.79 Å². The summed E-state index contributed by atoms with van der Waals surface area (Å²) in [6, 6.07) is 0. The van der Waals surface area contributed by atoms with Crippen molar-refractivity contribution in [2.75, 3.05) is 57.4 Å². The predicted molar refractivity (Wildman–Crippen MR) is 83.1 cm³/mol. The van der Waals surface area contributed by atoms with Gasteiger partial charge in [-0.1, -0.05) is 0 Å². The summed E-state index contributed by atoms with van der Waals surface area (Å²) in [5, 5.41) is 2.92. The fraction of sp³-hybridized carbons (Fsp3) is 0.667. The van der Waals surface area contributed by atoms with Gasteiger partial charge in [0, 0.05) is 51.7 Å². The van der Waals surface area contributed by atoms with Gasteiger partial charge in [0.15, 0.2) is 0 Å². The molecule has 1 aromatic rings. The van der Waals surface area contributed by atoms with Gasteiger partial charge in [-0.05, 0) is 12.8 Å². The van der Waals surface area contributed by atoms with Crippen LogP contribution in [0.1, 0.15) is 23.2 Å². The van der Waals surface area contributed by atoms with Crippen LogP contribution in [0.4, 0.5) is 5.95 Å². The van der Waals surface area contributed by atoms with E-state index in [2.05, 4.69) is 25.1 Å². The van der Waals surface area contributed by atoms with Gasteiger partial charge < -0.3 is 15.0 Å². The first-order valence-electron chi connectivity index (χ1n) is 7.98. The first-order valence-corrected chi connectivity index (χ1v) is 7.98. The third kappa shape index (κ3) is 3.92. The maximum Gasteiger partial charge on any atom is 0.254 e. The van der Waals surface area contributed by atoms with Crippen LogP contribution in [0.2, 0.25) is 0 Å². The maximum absolute atomic E-state index is 12.1. The zero-order valence-electron chi connectivity index (χ0n) is 12.8. The lowest BCUT2D eigenvalue weighted by Crippen LogP contribution is -2.41. The Morgan fingerprint density at radius 2 is 1.82 bits per heavy atom. The number of nitrogens with one attached hydrogen (secondary N) is 1. The van der Waals surface area contributed by atoms with Gasteiger partial charge in [0.2, 0.25) is 5.95 Å². The topological polar surface area (TPSA) is 70.6 Å². The van der Waals surface area contributed by atoms with Crippen molar-refractivity contribution >= 4 is 11.9 Å². The molecular weight excluding hydrogens is 282 g/mol. The second-order valence-electron chi connectivity index (χ2n) is 5.68. The standard InChI is InChI=1S/C15H23N5O2/c21-14(16-3-6-19-7-9-22-10-8-19)13-11-17-15(18-12-13)20-4-1-2-5-20/h11-12H,1-10H2,(H,16,21). The van der Waals surface area contributed by atoms with Crippen molar-refractivity contribution in [3.05, 3.63) is 18.0 Å². The Labute approximate surface area is 130 Å². The molecule has 2 aliphatic rings. The van der Waals surface area contributed by atoms with Crippen molar-refractivity contribution < 1.29 is 9.53 Å². The van der Waals surface area contributed by atoms with Crippen molar-refractivity contribution in [3.8, 4) is 0 Å². The van der Waals surface area contributed by atoms with E-state index in [4.69, 9.17) is 4.74 Å². The van der Waals surface area contributed by atoms with Crippen LogP contribution in [0.3, 0.4) is 0 Å². The molecule has 0 unspecified atom stereocenters. The molecule has 1 N–H and O–H groups in total. The second kappa shape index (κ2) is 7.51. The maximum atomic E-state index is 12.1. The summed E-state index contributed by atoms with van der Waals surface area (Å²) in [7, 11) is 0. The van der Waals surface area contributed by atoms with Crippen molar-refractivity contribution in [2.24, 2.45) is 0 Å². The van der Waals surface area contributed by atoms with Gasteiger partial charge in [-0.3, -0.25) is 9.69 Å². The Bertz CT molecular complexity index is 481. The van der Waals surface area contributed by atoms with E-state index in [0.717, 1.165) is 51.9 Å². The number of rotatable bonds is 5. The molecule has 0 atom stereocenters. The highest BCUT2D eigenvalue weighted by Crippen LogP contribution is 2.14. The molecule has 120 valence electrons. The number of carbonyl (C=O) groups is 1. The molecule has 7 nitrogen and oxygen atoms in total. The lowest BCUT2D eigenvalue weighted by atomic mass is 10.3. The fourth-order valence-corrected chi connectivity index (χ4v) is 2.77. The Morgan fingerprint density at radius 3 is 2.50 bits per heavy atom. The van der Waals surface area contributed by atoms with E-state index in [1.54, 1.807) is 12.4 Å². The Morgan fingerprint density at radius 1 is 1.14 bits per heavy atom. The highest BCUT2D eigenvalue weighted by Gasteiger charge is 2.16. The zero-order valence-corrected chi connectivity index (χ0v) is 12.8. The molecule has 0 spiro atoms. The van der Waals surface area contributed by atoms with Gasteiger partial charge >= 0.3 is 0 Å². The molecule has 0 bridgehead atoms. The Hall–Kier alpha value is -1.73. The van der Waals surface area contributed by atoms with Gasteiger partial charge in [0.1, 0.15) is 0 Å². The van der Waals surface area contributed by atoms with Crippen LogP contribution in [0.15, 0.2) is 12.4 Å². The van der Waals surface area contributed by atoms with E-state index in [-0.39, 0.29) is 5.91 Å². The van der Waals surface area contributed by atoms with Crippen LogP contribution in [-0.4, -0.2) is 73.3 Å². The number of anilines is 1. The molecule has 7 heteroatoms. The van der Waals surface area contributed by atoms with Gasteiger partial charge in [-0.2, -0.15) is 0 Å². The molecule has 22 heavy (non-hydrogen) atoms. The van der Waals surface area contributed by atoms with Gasteiger partial charge in [0.05, 0.1) is 18.8 Å². The molecule has 0 aliphatic carbocycles. The van der Waals surface area contributed by atoms with E-state index in [0.29, 0.717) is 12.1 Å². The largest absolute Gasteiger partial charge is 0.379 e. The summed E-state index contributed by atoms with van der Waals surface area (Å²) in [6.07, 6.45) is 5.61. The summed E-state index contributed by atoms with van der Waals surface area (Å²) >= 11 is 0. The Balaban J connectivity index is 1.45. The van der Waals surface area contributed by atoms with E-state index >= 15 is 0 Å². The molecule has 2 saturated heterocycles. The minimum Gasteiger partial charge on any atom is -0.379 e. The molecule has 3 heterocycles. The van der Waals surface area contributed by atoms with Crippen molar-refractivity contribution in [2.45, 2.75) is 12.8 Å². The zero-order chi connectivity index (χ0) is 15.2. The molecule has 0 aromatic carbocycles. The quantitative estimate of drug-likeness (QED) is 0.834. The molecule has 0 radical (unpaired) electrons. The number of nitrogens with zero attached hydrogens (tertiary/aromatic N) is 4. The summed E-state index contributed by atoms with van der Waals surface area (Å²) in [5.41, 5.74) is 0.518. The molecule has 2 aliphatic heterocycles. The number of aromatic nitrogens is 2. The normalized spacial score (nSPS) is 19.4. The van der Waals surface area contributed by atoms with Crippen molar-refractivity contribution in [3.63, 3.8) is 0 Å². The third-order valence-electron chi connectivity index (χ3n) is 4.11. The lowest BCUT2D eigenvalue weighted by molar-refractivity contribution is 0.0383.